The van der Waals surface area contributed by atoms with E-state index in [1.807, 2.05) is 31.2 Å². The number of hydrogen-bond acceptors (Lipinski definition) is 10. The van der Waals surface area contributed by atoms with Crippen molar-refractivity contribution in [1.29, 1.82) is 0 Å². The van der Waals surface area contributed by atoms with Crippen LogP contribution in [0.3, 0.4) is 0 Å². The highest BCUT2D eigenvalue weighted by Gasteiger charge is 2.36. The van der Waals surface area contributed by atoms with Gasteiger partial charge in [0.15, 0.2) is 0 Å². The number of fused-ring (bicyclic) bond motifs is 2. The molecule has 7 rings (SSSR count). The minimum Gasteiger partial charge on any atom is -0.380 e. The Morgan fingerprint density at radius 2 is 0.904 bits per heavy atom. The van der Waals surface area contributed by atoms with Crippen molar-refractivity contribution in [1.82, 2.24) is 15.3 Å². The molecule has 52 heavy (non-hydrogen) atoms. The second-order valence-corrected chi connectivity index (χ2v) is 14.4. The van der Waals surface area contributed by atoms with Crippen molar-refractivity contribution in [3.63, 3.8) is 0 Å². The number of rotatable bonds is 15. The van der Waals surface area contributed by atoms with Gasteiger partial charge < -0.3 is 9.47 Å². The Bertz CT molecular complexity index is 2180. The third-order valence-corrected chi connectivity index (χ3v) is 10.4. The Balaban J connectivity index is 0.00000110. The summed E-state index contributed by atoms with van der Waals surface area (Å²) in [6.45, 7) is 9.06. The smallest absolute Gasteiger partial charge is 0.285 e. The van der Waals surface area contributed by atoms with E-state index >= 15 is 0 Å². The first-order valence-electron chi connectivity index (χ1n) is 17.8. The molecule has 4 amide bonds. The quantitative estimate of drug-likeness (QED) is 0.0444. The monoisotopic (exact) mass is 729 g/mol. The van der Waals surface area contributed by atoms with Gasteiger partial charge in [-0.2, -0.15) is 18.2 Å². The first-order chi connectivity index (χ1) is 25.1. The van der Waals surface area contributed by atoms with Gasteiger partial charge >= 0.3 is 0 Å². The summed E-state index contributed by atoms with van der Waals surface area (Å²) < 4.78 is 39.3. The van der Waals surface area contributed by atoms with Crippen LogP contribution in [0.25, 0.3) is 43.1 Å². The molecule has 2 aliphatic heterocycles. The number of unbranched alkanes of at least 4 members (excludes halogenated alkanes) is 1. The van der Waals surface area contributed by atoms with E-state index in [1.165, 1.54) is 17.7 Å². The van der Waals surface area contributed by atoms with Gasteiger partial charge in [0.05, 0.1) is 32.9 Å². The zero-order valence-corrected chi connectivity index (χ0v) is 30.7. The lowest BCUT2D eigenvalue weighted by Gasteiger charge is -2.30. The summed E-state index contributed by atoms with van der Waals surface area (Å²) in [6, 6.07) is 14.3. The number of benzene rings is 5. The molecule has 5 aromatic rings. The van der Waals surface area contributed by atoms with E-state index in [9.17, 15) is 27.6 Å². The first-order valence-corrected chi connectivity index (χ1v) is 19.4. The van der Waals surface area contributed by atoms with Gasteiger partial charge in [-0.25, -0.2) is 0 Å². The molecular weight excluding hydrogens is 687 g/mol. The molecule has 0 aliphatic carbocycles. The lowest BCUT2D eigenvalue weighted by atomic mass is 9.82. The van der Waals surface area contributed by atoms with Crippen LogP contribution in [0.2, 0.25) is 0 Å². The highest BCUT2D eigenvalue weighted by atomic mass is 32.2. The molecule has 0 unspecified atom stereocenters. The van der Waals surface area contributed by atoms with E-state index in [-0.39, 0.29) is 50.5 Å². The molecule has 274 valence electrons. The topological polar surface area (TPSA) is 149 Å². The van der Waals surface area contributed by atoms with E-state index in [2.05, 4.69) is 23.6 Å². The lowest BCUT2D eigenvalue weighted by molar-refractivity contribution is 0.0515. The van der Waals surface area contributed by atoms with Crippen molar-refractivity contribution in [3.8, 4) is 0 Å². The fraction of sp³-hybridized carbons (Fsp3) is 0.385. The number of hydrogen-bond donors (Lipinski definition) is 1. The van der Waals surface area contributed by atoms with Crippen LogP contribution in [0, 0.1) is 0 Å². The van der Waals surface area contributed by atoms with Crippen molar-refractivity contribution in [2.75, 3.05) is 51.8 Å². The Morgan fingerprint density at radius 3 is 1.25 bits per heavy atom. The minimum atomic E-state index is -3.82. The maximum atomic E-state index is 13.7. The molecule has 0 saturated carbocycles. The summed E-state index contributed by atoms with van der Waals surface area (Å²) in [4.78, 5) is 57.0. The summed E-state index contributed by atoms with van der Waals surface area (Å²) in [6.07, 6.45) is 3.48. The molecule has 0 atom stereocenters. The van der Waals surface area contributed by atoms with E-state index in [0.717, 1.165) is 43.6 Å². The van der Waals surface area contributed by atoms with E-state index in [0.29, 0.717) is 46.2 Å². The highest BCUT2D eigenvalue weighted by Crippen LogP contribution is 2.46. The third-order valence-electron chi connectivity index (χ3n) is 9.38. The van der Waals surface area contributed by atoms with Gasteiger partial charge in [-0.15, -0.1) is 0 Å². The number of carbonyl (C=O) groups is 4. The molecule has 1 N–H and O–H groups in total. The number of carbonyl (C=O) groups excluding carboxylic acids is 4. The number of amides is 4. The van der Waals surface area contributed by atoms with Gasteiger partial charge in [-0.1, -0.05) is 64.8 Å². The van der Waals surface area contributed by atoms with E-state index in [4.69, 9.17) is 9.47 Å². The van der Waals surface area contributed by atoms with Crippen LogP contribution in [-0.2, 0) is 23.9 Å². The minimum absolute atomic E-state index is 0.0521. The zero-order chi connectivity index (χ0) is 37.2. The number of nitrogens with one attached hydrogen (secondary N) is 1. The van der Waals surface area contributed by atoms with Crippen LogP contribution in [0.1, 0.15) is 88.4 Å². The summed E-state index contributed by atoms with van der Waals surface area (Å²) in [7, 11) is -3.82. The molecule has 0 saturated heterocycles. The van der Waals surface area contributed by atoms with Crippen LogP contribution in [0.4, 0.5) is 0 Å². The van der Waals surface area contributed by atoms with Gasteiger partial charge in [0, 0.05) is 46.2 Å². The van der Waals surface area contributed by atoms with Crippen LogP contribution in [0.5, 0.6) is 0 Å². The first kappa shape index (κ1) is 37.2. The lowest BCUT2D eigenvalue weighted by Crippen LogP contribution is -2.42. The standard InChI is InChI=1S/C35H33N3O9S.C4H10/c1-3-15-45-16-13-37-32(39)24-9-5-20-22-7-11-26-31-27(12-8-23(29(22)31)21-6-10-25(33(37)40)30(24)28(20)21)35(42)38(34(26)41)14-17-46-18-19-48(43,44)47-36-4-2;1-3-4-2/h5-12,36H,3-4,13-19H2,1-2H3;3-4H2,1-2H3. The third kappa shape index (κ3) is 6.63. The summed E-state index contributed by atoms with van der Waals surface area (Å²) in [5.74, 6) is -2.06. The molecule has 2 heterocycles. The van der Waals surface area contributed by atoms with Crippen molar-refractivity contribution >= 4 is 76.8 Å². The van der Waals surface area contributed by atoms with Gasteiger partial charge in [-0.05, 0) is 63.0 Å². The van der Waals surface area contributed by atoms with Crippen LogP contribution < -0.4 is 5.48 Å². The normalized spacial score (nSPS) is 14.4. The molecule has 2 aliphatic rings. The van der Waals surface area contributed by atoms with Gasteiger partial charge in [0.2, 0.25) is 0 Å². The maximum absolute atomic E-state index is 13.7. The number of nitrogens with zero attached hydrogens (tertiary/aromatic N) is 2. The van der Waals surface area contributed by atoms with Crippen molar-refractivity contribution in [2.24, 2.45) is 0 Å². The van der Waals surface area contributed by atoms with Gasteiger partial charge in [0.1, 0.15) is 5.75 Å². The molecule has 0 bridgehead atoms. The van der Waals surface area contributed by atoms with Crippen molar-refractivity contribution in [3.05, 3.63) is 70.8 Å². The molecule has 0 spiro atoms. The average molecular weight is 730 g/mol. The van der Waals surface area contributed by atoms with Crippen molar-refractivity contribution < 1.29 is 41.4 Å². The second kappa shape index (κ2) is 15.6. The van der Waals surface area contributed by atoms with Crippen LogP contribution in [0.15, 0.2) is 48.5 Å². The van der Waals surface area contributed by atoms with Gasteiger partial charge in [-0.3, -0.25) is 29.0 Å². The zero-order valence-electron chi connectivity index (χ0n) is 29.9. The number of ether oxygens (including phenoxy) is 2. The Hall–Kier alpha value is -4.53. The number of imide groups is 2. The molecule has 5 aromatic carbocycles. The fourth-order valence-electron chi connectivity index (χ4n) is 6.79. The predicted molar refractivity (Wildman–Crippen MR) is 199 cm³/mol. The predicted octanol–water partition coefficient (Wildman–Crippen LogP) is 6.05. The summed E-state index contributed by atoms with van der Waals surface area (Å²) >= 11 is 0. The maximum Gasteiger partial charge on any atom is 0.285 e. The van der Waals surface area contributed by atoms with E-state index < -0.39 is 21.9 Å². The Labute approximate surface area is 302 Å². The Kier molecular flexibility index (Phi) is 11.2. The van der Waals surface area contributed by atoms with E-state index in [1.54, 1.807) is 31.2 Å². The summed E-state index contributed by atoms with van der Waals surface area (Å²) in [5, 5.41) is 5.92. The highest BCUT2D eigenvalue weighted by molar-refractivity contribution is 7.86. The fourth-order valence-corrected chi connectivity index (χ4v) is 7.49. The molecular formula is C39H43N3O9S. The van der Waals surface area contributed by atoms with Gasteiger partial charge in [0.25, 0.3) is 33.7 Å². The second-order valence-electron chi connectivity index (χ2n) is 12.7. The molecule has 0 radical (unpaired) electrons. The molecule has 0 aromatic heterocycles. The SMILES string of the molecule is CCCC.CCCOCCN1C(=O)c2ccc3c4ccc5c6c(ccc(c7ccc(c2c37)C1=O)c64)C(=O)N(CCOCCS(=O)(=O)ONCC)C5=O. The molecule has 0 fully saturated rings. The summed E-state index contributed by atoms with van der Waals surface area (Å²) in [5.41, 5.74) is 3.92. The van der Waals surface area contributed by atoms with Crippen LogP contribution >= 0.6 is 0 Å². The molecule has 12 nitrogen and oxygen atoms in total. The molecule has 13 heteroatoms. The Morgan fingerprint density at radius 1 is 0.519 bits per heavy atom. The largest absolute Gasteiger partial charge is 0.380 e. The number of hydroxylamine groups is 1. The van der Waals surface area contributed by atoms with Crippen molar-refractivity contribution in [2.45, 2.75) is 47.0 Å². The van der Waals surface area contributed by atoms with Crippen LogP contribution in [-0.4, -0.2) is 93.7 Å². The average Bonchev–Trinajstić information content (AvgIpc) is 3.15.